The van der Waals surface area contributed by atoms with E-state index >= 15 is 0 Å². The first-order chi connectivity index (χ1) is 4.34. The highest BCUT2D eigenvalue weighted by molar-refractivity contribution is 5.00. The third-order valence-corrected chi connectivity index (χ3v) is 1.59. The largest absolute Gasteiger partial charge is 0.377 e. The first kappa shape index (κ1) is 6.60. The van der Waals surface area contributed by atoms with E-state index in [1.165, 1.54) is 0 Å². The third kappa shape index (κ3) is 1.44. The van der Waals surface area contributed by atoms with Gasteiger partial charge in [0, 0.05) is 6.54 Å². The molecule has 1 heterocycles. The minimum absolute atomic E-state index is 0.193. The molecule has 0 aromatic heterocycles. The monoisotopic (exact) mass is 125 g/mol. The van der Waals surface area contributed by atoms with Gasteiger partial charge in [-0.05, 0) is 7.05 Å². The molecule has 1 rings (SSSR count). The fourth-order valence-corrected chi connectivity index (χ4v) is 0.862. The molecule has 0 spiro atoms. The summed E-state index contributed by atoms with van der Waals surface area (Å²) in [5.41, 5.74) is 0. The lowest BCUT2D eigenvalue weighted by molar-refractivity contribution is 0.0267. The summed E-state index contributed by atoms with van der Waals surface area (Å²) in [6.07, 6.45) is 5.22. The second kappa shape index (κ2) is 2.86. The van der Waals surface area contributed by atoms with Crippen LogP contribution in [0.15, 0.2) is 0 Å². The molecule has 1 aliphatic rings. The Hall–Kier alpha value is -0.520. The molecule has 0 aliphatic carbocycles. The van der Waals surface area contributed by atoms with Gasteiger partial charge < -0.3 is 4.74 Å². The normalized spacial score (nSPS) is 29.6. The van der Waals surface area contributed by atoms with Crippen molar-refractivity contribution in [3.05, 3.63) is 0 Å². The summed E-state index contributed by atoms with van der Waals surface area (Å²) in [5.74, 6) is 2.65. The van der Waals surface area contributed by atoms with E-state index in [0.29, 0.717) is 6.61 Å². The summed E-state index contributed by atoms with van der Waals surface area (Å²) in [7, 11) is 2.02. The summed E-state index contributed by atoms with van der Waals surface area (Å²) >= 11 is 0. The van der Waals surface area contributed by atoms with E-state index in [1.807, 2.05) is 7.05 Å². The molecule has 1 saturated heterocycles. The van der Waals surface area contributed by atoms with Crippen molar-refractivity contribution < 1.29 is 4.74 Å². The molecule has 0 unspecified atom stereocenters. The maximum atomic E-state index is 5.22. The molecule has 1 fully saturated rings. The van der Waals surface area contributed by atoms with Crippen LogP contribution in [0.25, 0.3) is 0 Å². The van der Waals surface area contributed by atoms with Gasteiger partial charge in [0.2, 0.25) is 0 Å². The molecule has 2 nitrogen and oxygen atoms in total. The fraction of sp³-hybridized carbons (Fsp3) is 0.714. The molecule has 0 aromatic carbocycles. The van der Waals surface area contributed by atoms with Crippen molar-refractivity contribution in [1.29, 1.82) is 0 Å². The van der Waals surface area contributed by atoms with Gasteiger partial charge in [0.25, 0.3) is 0 Å². The van der Waals surface area contributed by atoms with E-state index in [0.717, 1.165) is 13.2 Å². The number of likely N-dealkylation sites (N-methyl/N-ethyl adjacent to an activating group) is 1. The molecule has 0 bridgehead atoms. The van der Waals surface area contributed by atoms with Crippen molar-refractivity contribution in [2.24, 2.45) is 0 Å². The Balaban J connectivity index is 2.41. The van der Waals surface area contributed by atoms with E-state index < -0.39 is 0 Å². The molecule has 0 amide bonds. The molecule has 0 saturated carbocycles. The molecule has 9 heavy (non-hydrogen) atoms. The molecule has 0 radical (unpaired) electrons. The van der Waals surface area contributed by atoms with Crippen LogP contribution in [0.1, 0.15) is 0 Å². The molecular weight excluding hydrogens is 114 g/mol. The van der Waals surface area contributed by atoms with Crippen molar-refractivity contribution in [2.45, 2.75) is 6.04 Å². The van der Waals surface area contributed by atoms with Crippen molar-refractivity contribution >= 4 is 0 Å². The number of rotatable bonds is 0. The lowest BCUT2D eigenvalue weighted by Gasteiger charge is -2.28. The number of ether oxygens (including phenoxy) is 1. The van der Waals surface area contributed by atoms with Gasteiger partial charge in [-0.3, -0.25) is 4.90 Å². The van der Waals surface area contributed by atoms with Crippen LogP contribution >= 0.6 is 0 Å². The summed E-state index contributed by atoms with van der Waals surface area (Å²) in [4.78, 5) is 2.13. The number of terminal acetylenes is 1. The zero-order valence-corrected chi connectivity index (χ0v) is 5.63. The topological polar surface area (TPSA) is 12.5 Å². The van der Waals surface area contributed by atoms with Crippen LogP contribution in [-0.2, 0) is 4.74 Å². The highest BCUT2D eigenvalue weighted by Gasteiger charge is 2.15. The molecule has 1 aliphatic heterocycles. The minimum atomic E-state index is 0.193. The van der Waals surface area contributed by atoms with Crippen LogP contribution in [0.2, 0.25) is 0 Å². The lowest BCUT2D eigenvalue weighted by atomic mass is 10.2. The van der Waals surface area contributed by atoms with Crippen LogP contribution in [0.5, 0.6) is 0 Å². The zero-order chi connectivity index (χ0) is 6.69. The average molecular weight is 125 g/mol. The second-order valence-electron chi connectivity index (χ2n) is 2.24. The molecule has 50 valence electrons. The minimum Gasteiger partial charge on any atom is -0.377 e. The standard InChI is InChI=1S/C7H11NO/c1-3-7-6-9-5-4-8(7)2/h1,7H,4-6H2,2H3/t7-/m1/s1. The van der Waals surface area contributed by atoms with E-state index in [1.54, 1.807) is 0 Å². The maximum absolute atomic E-state index is 5.22. The third-order valence-electron chi connectivity index (χ3n) is 1.59. The van der Waals surface area contributed by atoms with E-state index in [4.69, 9.17) is 11.2 Å². The van der Waals surface area contributed by atoms with Gasteiger partial charge >= 0.3 is 0 Å². The Morgan fingerprint density at radius 3 is 3.00 bits per heavy atom. The van der Waals surface area contributed by atoms with Crippen LogP contribution < -0.4 is 0 Å². The van der Waals surface area contributed by atoms with Gasteiger partial charge in [-0.25, -0.2) is 0 Å². The second-order valence-corrected chi connectivity index (χ2v) is 2.24. The molecule has 0 aromatic rings. The van der Waals surface area contributed by atoms with Gasteiger partial charge in [-0.15, -0.1) is 6.42 Å². The summed E-state index contributed by atoms with van der Waals surface area (Å²) in [5, 5.41) is 0. The highest BCUT2D eigenvalue weighted by atomic mass is 16.5. The molecule has 0 N–H and O–H groups in total. The fourth-order valence-electron chi connectivity index (χ4n) is 0.862. The molecule has 1 atom stereocenters. The smallest absolute Gasteiger partial charge is 0.0947 e. The predicted molar refractivity (Wildman–Crippen MR) is 36.1 cm³/mol. The Morgan fingerprint density at radius 1 is 1.78 bits per heavy atom. The van der Waals surface area contributed by atoms with Crippen LogP contribution in [0.4, 0.5) is 0 Å². The van der Waals surface area contributed by atoms with Crippen molar-refractivity contribution in [3.63, 3.8) is 0 Å². The zero-order valence-electron chi connectivity index (χ0n) is 5.63. The first-order valence-electron chi connectivity index (χ1n) is 3.08. The van der Waals surface area contributed by atoms with E-state index in [9.17, 15) is 0 Å². The molecular formula is C7H11NO. The Bertz CT molecular complexity index is 127. The maximum Gasteiger partial charge on any atom is 0.0947 e. The number of hydrogen-bond donors (Lipinski definition) is 0. The SMILES string of the molecule is C#C[C@@H]1COCCN1C. The lowest BCUT2D eigenvalue weighted by Crippen LogP contribution is -2.41. The molecule has 2 heteroatoms. The number of nitrogens with zero attached hydrogens (tertiary/aromatic N) is 1. The number of morpholine rings is 1. The Labute approximate surface area is 55.8 Å². The first-order valence-corrected chi connectivity index (χ1v) is 3.08. The Kier molecular flexibility index (Phi) is 2.10. The quantitative estimate of drug-likeness (QED) is 0.421. The van der Waals surface area contributed by atoms with Gasteiger partial charge in [0.15, 0.2) is 0 Å². The van der Waals surface area contributed by atoms with E-state index in [2.05, 4.69) is 10.8 Å². The highest BCUT2D eigenvalue weighted by Crippen LogP contribution is 2.00. The average Bonchev–Trinajstić information content (AvgIpc) is 1.89. The van der Waals surface area contributed by atoms with Crippen molar-refractivity contribution in [3.8, 4) is 12.3 Å². The van der Waals surface area contributed by atoms with Crippen molar-refractivity contribution in [1.82, 2.24) is 4.90 Å². The summed E-state index contributed by atoms with van der Waals surface area (Å²) in [6, 6.07) is 0.193. The van der Waals surface area contributed by atoms with E-state index in [-0.39, 0.29) is 6.04 Å². The van der Waals surface area contributed by atoms with Gasteiger partial charge in [-0.1, -0.05) is 5.92 Å². The van der Waals surface area contributed by atoms with Crippen LogP contribution in [0, 0.1) is 12.3 Å². The van der Waals surface area contributed by atoms with Crippen LogP contribution in [-0.4, -0.2) is 37.7 Å². The van der Waals surface area contributed by atoms with Gasteiger partial charge in [0.1, 0.15) is 0 Å². The van der Waals surface area contributed by atoms with Gasteiger partial charge in [-0.2, -0.15) is 0 Å². The Morgan fingerprint density at radius 2 is 2.56 bits per heavy atom. The summed E-state index contributed by atoms with van der Waals surface area (Å²) < 4.78 is 5.16. The van der Waals surface area contributed by atoms with Crippen molar-refractivity contribution in [2.75, 3.05) is 26.8 Å². The number of hydrogen-bond acceptors (Lipinski definition) is 2. The van der Waals surface area contributed by atoms with Crippen LogP contribution in [0.3, 0.4) is 0 Å². The van der Waals surface area contributed by atoms with Gasteiger partial charge in [0.05, 0.1) is 19.3 Å². The predicted octanol–water partition coefficient (Wildman–Crippen LogP) is -0.0498. The summed E-state index contributed by atoms with van der Waals surface area (Å²) in [6.45, 7) is 2.45.